The fourth-order valence-electron chi connectivity index (χ4n) is 2.19. The van der Waals surface area contributed by atoms with E-state index in [2.05, 4.69) is 10.4 Å². The van der Waals surface area contributed by atoms with E-state index in [1.807, 2.05) is 37.3 Å². The van der Waals surface area contributed by atoms with Crippen LogP contribution in [-0.4, -0.2) is 27.3 Å². The first-order valence-corrected chi connectivity index (χ1v) is 7.43. The number of aromatic nitrogens is 2. The third-order valence-corrected chi connectivity index (χ3v) is 4.16. The maximum absolute atomic E-state index is 12.0. The van der Waals surface area contributed by atoms with Gasteiger partial charge in [-0.3, -0.25) is 9.48 Å². The molecule has 0 aliphatic heterocycles. The Bertz CT molecular complexity index is 666. The van der Waals surface area contributed by atoms with Crippen LogP contribution < -0.4 is 5.32 Å². The van der Waals surface area contributed by atoms with Crippen molar-refractivity contribution in [2.24, 2.45) is 0 Å². The van der Waals surface area contributed by atoms with Crippen molar-refractivity contribution >= 4 is 17.5 Å². The van der Waals surface area contributed by atoms with E-state index in [1.54, 1.807) is 18.5 Å². The molecule has 0 fully saturated rings. The molecule has 1 unspecified atom stereocenters. The molecule has 0 spiro atoms. The van der Waals surface area contributed by atoms with Gasteiger partial charge in [-0.05, 0) is 26.3 Å². The van der Waals surface area contributed by atoms with Crippen molar-refractivity contribution < 1.29 is 9.90 Å². The van der Waals surface area contributed by atoms with Gasteiger partial charge in [0.1, 0.15) is 12.1 Å². The van der Waals surface area contributed by atoms with Gasteiger partial charge in [-0.15, -0.1) is 0 Å². The van der Waals surface area contributed by atoms with E-state index < -0.39 is 5.60 Å². The molecular weight excluding hydrogens is 302 g/mol. The molecule has 0 radical (unpaired) electrons. The number of amides is 1. The van der Waals surface area contributed by atoms with Crippen molar-refractivity contribution in [1.29, 1.82) is 0 Å². The summed E-state index contributed by atoms with van der Waals surface area (Å²) >= 11 is 6.06. The number of nitrogens with one attached hydrogen (secondary N) is 1. The summed E-state index contributed by atoms with van der Waals surface area (Å²) in [6.07, 6.45) is 0. The SMILES string of the molecule is Cc1nn(CC(=O)NCC(C)(O)c2ccccc2)c(C)c1Cl. The second-order valence-corrected chi connectivity index (χ2v) is 5.94. The molecule has 22 heavy (non-hydrogen) atoms. The van der Waals surface area contributed by atoms with Crippen LogP contribution in [-0.2, 0) is 16.9 Å². The number of benzene rings is 1. The van der Waals surface area contributed by atoms with Gasteiger partial charge in [-0.2, -0.15) is 5.10 Å². The van der Waals surface area contributed by atoms with Crippen molar-refractivity contribution in [3.8, 4) is 0 Å². The Labute approximate surface area is 134 Å². The lowest BCUT2D eigenvalue weighted by Crippen LogP contribution is -2.40. The molecule has 1 aromatic carbocycles. The molecule has 6 heteroatoms. The zero-order valence-corrected chi connectivity index (χ0v) is 13.7. The Kier molecular flexibility index (Phi) is 4.88. The Morgan fingerprint density at radius 3 is 2.55 bits per heavy atom. The summed E-state index contributed by atoms with van der Waals surface area (Å²) in [7, 11) is 0. The highest BCUT2D eigenvalue weighted by molar-refractivity contribution is 6.31. The number of carbonyl (C=O) groups is 1. The Hall–Kier alpha value is -1.85. The largest absolute Gasteiger partial charge is 0.384 e. The summed E-state index contributed by atoms with van der Waals surface area (Å²) in [6.45, 7) is 5.48. The minimum atomic E-state index is -1.12. The second-order valence-electron chi connectivity index (χ2n) is 5.56. The molecule has 1 atom stereocenters. The van der Waals surface area contributed by atoms with Gasteiger partial charge in [0.05, 0.1) is 23.0 Å². The van der Waals surface area contributed by atoms with Crippen molar-refractivity contribution in [1.82, 2.24) is 15.1 Å². The zero-order chi connectivity index (χ0) is 16.3. The minimum Gasteiger partial charge on any atom is -0.384 e. The van der Waals surface area contributed by atoms with E-state index in [-0.39, 0.29) is 19.0 Å². The van der Waals surface area contributed by atoms with E-state index in [1.165, 1.54) is 0 Å². The standard InChI is InChI=1S/C16H20ClN3O2/c1-11-15(17)12(2)20(19-11)9-14(21)18-10-16(3,22)13-7-5-4-6-8-13/h4-8,22H,9-10H2,1-3H3,(H,18,21). The maximum atomic E-state index is 12.0. The van der Waals surface area contributed by atoms with E-state index in [9.17, 15) is 9.90 Å². The minimum absolute atomic E-state index is 0.0737. The van der Waals surface area contributed by atoms with Gasteiger partial charge in [-0.1, -0.05) is 41.9 Å². The molecule has 2 aromatic rings. The molecule has 0 aliphatic rings. The molecule has 2 rings (SSSR count). The number of carbonyl (C=O) groups excluding carboxylic acids is 1. The summed E-state index contributed by atoms with van der Waals surface area (Å²) in [5, 5.41) is 18.0. The van der Waals surface area contributed by atoms with Crippen LogP contribution in [0.25, 0.3) is 0 Å². The van der Waals surface area contributed by atoms with Gasteiger partial charge < -0.3 is 10.4 Å². The number of aryl methyl sites for hydroxylation is 1. The molecule has 1 heterocycles. The Balaban J connectivity index is 1.97. The van der Waals surface area contributed by atoms with Gasteiger partial charge in [0.15, 0.2) is 0 Å². The average Bonchev–Trinajstić information content (AvgIpc) is 2.73. The van der Waals surface area contributed by atoms with Crippen LogP contribution in [0.1, 0.15) is 23.9 Å². The summed E-state index contributed by atoms with van der Waals surface area (Å²) in [6, 6.07) is 9.23. The predicted molar refractivity (Wildman–Crippen MR) is 85.7 cm³/mol. The first kappa shape index (κ1) is 16.5. The molecule has 5 nitrogen and oxygen atoms in total. The number of nitrogens with zero attached hydrogens (tertiary/aromatic N) is 2. The molecular formula is C16H20ClN3O2. The van der Waals surface area contributed by atoms with E-state index >= 15 is 0 Å². The Morgan fingerprint density at radius 1 is 1.36 bits per heavy atom. The predicted octanol–water partition coefficient (Wildman–Crippen LogP) is 2.18. The topological polar surface area (TPSA) is 67.2 Å². The van der Waals surface area contributed by atoms with Crippen LogP contribution in [0.3, 0.4) is 0 Å². The zero-order valence-electron chi connectivity index (χ0n) is 12.9. The fourth-order valence-corrected chi connectivity index (χ4v) is 2.33. The van der Waals surface area contributed by atoms with Gasteiger partial charge in [0.25, 0.3) is 0 Å². The average molecular weight is 322 g/mol. The van der Waals surface area contributed by atoms with Gasteiger partial charge in [0, 0.05) is 0 Å². The van der Waals surface area contributed by atoms with Crippen LogP contribution in [0.4, 0.5) is 0 Å². The molecule has 0 aliphatic carbocycles. The van der Waals surface area contributed by atoms with Crippen LogP contribution in [0.5, 0.6) is 0 Å². The third kappa shape index (κ3) is 3.67. The van der Waals surface area contributed by atoms with Crippen molar-refractivity contribution in [2.75, 3.05) is 6.54 Å². The number of hydrogen-bond acceptors (Lipinski definition) is 3. The quantitative estimate of drug-likeness (QED) is 0.887. The summed E-state index contributed by atoms with van der Waals surface area (Å²) in [5.74, 6) is -0.224. The maximum Gasteiger partial charge on any atom is 0.241 e. The van der Waals surface area contributed by atoms with Gasteiger partial charge in [0.2, 0.25) is 5.91 Å². The lowest BCUT2D eigenvalue weighted by atomic mass is 9.96. The highest BCUT2D eigenvalue weighted by Crippen LogP contribution is 2.20. The van der Waals surface area contributed by atoms with Gasteiger partial charge >= 0.3 is 0 Å². The first-order chi connectivity index (χ1) is 10.3. The number of hydrogen-bond donors (Lipinski definition) is 2. The van der Waals surface area contributed by atoms with Crippen LogP contribution >= 0.6 is 11.6 Å². The van der Waals surface area contributed by atoms with E-state index in [4.69, 9.17) is 11.6 Å². The molecule has 0 saturated carbocycles. The highest BCUT2D eigenvalue weighted by atomic mass is 35.5. The summed E-state index contributed by atoms with van der Waals surface area (Å²) < 4.78 is 1.56. The molecule has 0 bridgehead atoms. The lowest BCUT2D eigenvalue weighted by Gasteiger charge is -2.24. The third-order valence-electron chi connectivity index (χ3n) is 3.61. The van der Waals surface area contributed by atoms with E-state index in [0.29, 0.717) is 10.7 Å². The van der Waals surface area contributed by atoms with Crippen molar-refractivity contribution in [3.05, 3.63) is 52.3 Å². The van der Waals surface area contributed by atoms with Crippen LogP contribution in [0.2, 0.25) is 5.02 Å². The normalized spacial score (nSPS) is 13.7. The smallest absolute Gasteiger partial charge is 0.241 e. The number of halogens is 1. The van der Waals surface area contributed by atoms with Crippen molar-refractivity contribution in [2.45, 2.75) is 32.9 Å². The fraction of sp³-hybridized carbons (Fsp3) is 0.375. The van der Waals surface area contributed by atoms with Crippen LogP contribution in [0, 0.1) is 13.8 Å². The Morgan fingerprint density at radius 2 is 2.00 bits per heavy atom. The van der Waals surface area contributed by atoms with E-state index in [0.717, 1.165) is 11.3 Å². The molecule has 0 saturated heterocycles. The summed E-state index contributed by atoms with van der Waals surface area (Å²) in [4.78, 5) is 12.0. The molecule has 1 aromatic heterocycles. The van der Waals surface area contributed by atoms with Crippen molar-refractivity contribution in [3.63, 3.8) is 0 Å². The van der Waals surface area contributed by atoms with Crippen LogP contribution in [0.15, 0.2) is 30.3 Å². The monoisotopic (exact) mass is 321 g/mol. The molecule has 118 valence electrons. The number of aliphatic hydroxyl groups is 1. The summed E-state index contributed by atoms with van der Waals surface area (Å²) in [5.41, 5.74) is 1.08. The first-order valence-electron chi connectivity index (χ1n) is 7.05. The second kappa shape index (κ2) is 6.50. The number of rotatable bonds is 5. The molecule has 2 N–H and O–H groups in total. The lowest BCUT2D eigenvalue weighted by molar-refractivity contribution is -0.123. The highest BCUT2D eigenvalue weighted by Gasteiger charge is 2.23. The van der Waals surface area contributed by atoms with Gasteiger partial charge in [-0.25, -0.2) is 0 Å². The molecule has 1 amide bonds.